The van der Waals surface area contributed by atoms with Crippen molar-refractivity contribution in [1.29, 1.82) is 0 Å². The first-order valence-electron chi connectivity index (χ1n) is 7.93. The topological polar surface area (TPSA) is 94.2 Å². The summed E-state index contributed by atoms with van der Waals surface area (Å²) in [6.07, 6.45) is 2.90. The number of hydrogen-bond donors (Lipinski definition) is 1. The lowest BCUT2D eigenvalue weighted by molar-refractivity contribution is -0.120. The molecular formula is C16H24N2O6S. The Morgan fingerprint density at radius 2 is 2.12 bits per heavy atom. The number of benzene rings is 1. The van der Waals surface area contributed by atoms with Crippen molar-refractivity contribution in [3.63, 3.8) is 0 Å². The van der Waals surface area contributed by atoms with Crippen molar-refractivity contribution >= 4 is 21.6 Å². The van der Waals surface area contributed by atoms with Gasteiger partial charge in [0.05, 0.1) is 32.3 Å². The number of carbonyl (C=O) groups excluding carboxylic acids is 1. The fourth-order valence-electron chi connectivity index (χ4n) is 2.59. The largest absolute Gasteiger partial charge is 0.497 e. The molecule has 140 valence electrons. The first-order valence-corrected chi connectivity index (χ1v) is 9.78. The minimum absolute atomic E-state index is 0.00819. The van der Waals surface area contributed by atoms with Crippen molar-refractivity contribution in [2.24, 2.45) is 0 Å². The van der Waals surface area contributed by atoms with Crippen LogP contribution in [-0.2, 0) is 19.6 Å². The van der Waals surface area contributed by atoms with Gasteiger partial charge in [-0.05, 0) is 25.0 Å². The van der Waals surface area contributed by atoms with Crippen LogP contribution in [0.1, 0.15) is 12.8 Å². The highest BCUT2D eigenvalue weighted by Crippen LogP contribution is 2.33. The summed E-state index contributed by atoms with van der Waals surface area (Å²) in [7, 11) is -0.754. The summed E-state index contributed by atoms with van der Waals surface area (Å²) >= 11 is 0. The van der Waals surface area contributed by atoms with E-state index in [-0.39, 0.29) is 18.3 Å². The van der Waals surface area contributed by atoms with E-state index in [1.807, 2.05) is 0 Å². The zero-order chi connectivity index (χ0) is 18.4. The maximum Gasteiger partial charge on any atom is 0.240 e. The molecule has 1 aliphatic heterocycles. The van der Waals surface area contributed by atoms with Crippen molar-refractivity contribution in [1.82, 2.24) is 5.32 Å². The molecule has 1 fully saturated rings. The average Bonchev–Trinajstić information content (AvgIpc) is 3.10. The van der Waals surface area contributed by atoms with Gasteiger partial charge in [0.25, 0.3) is 0 Å². The Morgan fingerprint density at radius 1 is 1.36 bits per heavy atom. The molecule has 0 unspecified atom stereocenters. The number of carbonyl (C=O) groups is 1. The van der Waals surface area contributed by atoms with E-state index in [2.05, 4.69) is 5.32 Å². The molecule has 1 N–H and O–H groups in total. The first kappa shape index (κ1) is 19.3. The van der Waals surface area contributed by atoms with Crippen LogP contribution in [0.3, 0.4) is 0 Å². The predicted molar refractivity (Wildman–Crippen MR) is 93.7 cm³/mol. The Hall–Kier alpha value is -2.00. The molecule has 0 aliphatic carbocycles. The van der Waals surface area contributed by atoms with Crippen LogP contribution in [0.2, 0.25) is 0 Å². The maximum atomic E-state index is 12.2. The van der Waals surface area contributed by atoms with E-state index < -0.39 is 15.9 Å². The smallest absolute Gasteiger partial charge is 0.240 e. The summed E-state index contributed by atoms with van der Waals surface area (Å²) in [6, 6.07) is 4.73. The number of nitrogens with one attached hydrogen (secondary N) is 1. The molecule has 9 heteroatoms. The summed E-state index contributed by atoms with van der Waals surface area (Å²) in [5, 5.41) is 2.72. The Kier molecular flexibility index (Phi) is 6.49. The molecule has 1 amide bonds. The summed E-state index contributed by atoms with van der Waals surface area (Å²) in [4.78, 5) is 12.2. The van der Waals surface area contributed by atoms with Gasteiger partial charge in [-0.3, -0.25) is 9.10 Å². The molecule has 1 atom stereocenters. The van der Waals surface area contributed by atoms with Gasteiger partial charge in [0, 0.05) is 19.2 Å². The minimum Gasteiger partial charge on any atom is -0.497 e. The van der Waals surface area contributed by atoms with E-state index in [0.717, 1.165) is 23.4 Å². The number of hydrogen-bond acceptors (Lipinski definition) is 6. The summed E-state index contributed by atoms with van der Waals surface area (Å²) in [5.74, 6) is 0.424. The Morgan fingerprint density at radius 3 is 2.68 bits per heavy atom. The van der Waals surface area contributed by atoms with Gasteiger partial charge in [0.15, 0.2) is 0 Å². The molecule has 0 radical (unpaired) electrons. The van der Waals surface area contributed by atoms with Gasteiger partial charge in [-0.25, -0.2) is 8.42 Å². The van der Waals surface area contributed by atoms with Crippen LogP contribution >= 0.6 is 0 Å². The van der Waals surface area contributed by atoms with E-state index in [1.165, 1.54) is 14.2 Å². The van der Waals surface area contributed by atoms with E-state index >= 15 is 0 Å². The highest BCUT2D eigenvalue weighted by Gasteiger charge is 2.25. The van der Waals surface area contributed by atoms with Gasteiger partial charge in [0.2, 0.25) is 15.9 Å². The van der Waals surface area contributed by atoms with E-state index in [0.29, 0.717) is 24.7 Å². The molecular weight excluding hydrogens is 348 g/mol. The van der Waals surface area contributed by atoms with Gasteiger partial charge in [-0.1, -0.05) is 0 Å². The Bertz CT molecular complexity index is 701. The van der Waals surface area contributed by atoms with Crippen molar-refractivity contribution in [2.75, 3.05) is 44.5 Å². The molecule has 8 nitrogen and oxygen atoms in total. The normalized spacial score (nSPS) is 17.2. The van der Waals surface area contributed by atoms with Gasteiger partial charge < -0.3 is 19.5 Å². The van der Waals surface area contributed by atoms with Crippen LogP contribution in [0.4, 0.5) is 5.69 Å². The van der Waals surface area contributed by atoms with Crippen LogP contribution < -0.4 is 19.1 Å². The number of methoxy groups -OCH3 is 2. The SMILES string of the molecule is COc1ccc(N(CC(=O)NC[C@H]2CCCO2)S(C)(=O)=O)c(OC)c1. The minimum atomic E-state index is -3.68. The van der Waals surface area contributed by atoms with E-state index in [1.54, 1.807) is 18.2 Å². The van der Waals surface area contributed by atoms with Crippen molar-refractivity contribution in [3.8, 4) is 11.5 Å². The van der Waals surface area contributed by atoms with Crippen molar-refractivity contribution in [2.45, 2.75) is 18.9 Å². The van der Waals surface area contributed by atoms with Crippen LogP contribution in [0.25, 0.3) is 0 Å². The molecule has 0 aromatic heterocycles. The van der Waals surface area contributed by atoms with E-state index in [9.17, 15) is 13.2 Å². The molecule has 1 saturated heterocycles. The van der Waals surface area contributed by atoms with Gasteiger partial charge in [-0.2, -0.15) is 0 Å². The fourth-order valence-corrected chi connectivity index (χ4v) is 3.45. The lowest BCUT2D eigenvalue weighted by Gasteiger charge is -2.24. The second-order valence-electron chi connectivity index (χ2n) is 5.75. The van der Waals surface area contributed by atoms with Gasteiger partial charge in [-0.15, -0.1) is 0 Å². The number of sulfonamides is 1. The summed E-state index contributed by atoms with van der Waals surface area (Å²) in [5.41, 5.74) is 0.276. The lowest BCUT2D eigenvalue weighted by Crippen LogP contribution is -2.42. The zero-order valence-corrected chi connectivity index (χ0v) is 15.5. The standard InChI is InChI=1S/C16H24N2O6S/c1-22-12-6-7-14(15(9-12)23-2)18(25(3,20)21)11-16(19)17-10-13-5-4-8-24-13/h6-7,9,13H,4-5,8,10-11H2,1-3H3,(H,17,19)/t13-/m1/s1. The highest BCUT2D eigenvalue weighted by molar-refractivity contribution is 7.92. The van der Waals surface area contributed by atoms with Crippen molar-refractivity contribution in [3.05, 3.63) is 18.2 Å². The second kappa shape index (κ2) is 8.39. The molecule has 0 spiro atoms. The quantitative estimate of drug-likeness (QED) is 0.724. The number of rotatable bonds is 8. The summed E-state index contributed by atoms with van der Waals surface area (Å²) < 4.78 is 41.2. The number of nitrogens with zero attached hydrogens (tertiary/aromatic N) is 1. The van der Waals surface area contributed by atoms with Crippen LogP contribution in [0.15, 0.2) is 18.2 Å². The second-order valence-corrected chi connectivity index (χ2v) is 7.65. The van der Waals surface area contributed by atoms with Crippen molar-refractivity contribution < 1.29 is 27.4 Å². The fraction of sp³-hybridized carbons (Fsp3) is 0.562. The average molecular weight is 372 g/mol. The molecule has 1 aliphatic rings. The van der Waals surface area contributed by atoms with Crippen LogP contribution in [0.5, 0.6) is 11.5 Å². The Labute approximate surface area is 148 Å². The number of ether oxygens (including phenoxy) is 3. The highest BCUT2D eigenvalue weighted by atomic mass is 32.2. The maximum absolute atomic E-state index is 12.2. The van der Waals surface area contributed by atoms with Crippen LogP contribution in [0, 0.1) is 0 Å². The molecule has 0 saturated carbocycles. The molecule has 0 bridgehead atoms. The number of anilines is 1. The number of amides is 1. The zero-order valence-electron chi connectivity index (χ0n) is 14.6. The third-order valence-electron chi connectivity index (χ3n) is 3.89. The van der Waals surface area contributed by atoms with Gasteiger partial charge >= 0.3 is 0 Å². The van der Waals surface area contributed by atoms with Crippen LogP contribution in [-0.4, -0.2) is 60.6 Å². The molecule has 1 aromatic carbocycles. The third-order valence-corrected chi connectivity index (χ3v) is 5.02. The summed E-state index contributed by atoms with van der Waals surface area (Å²) in [6.45, 7) is 0.726. The molecule has 1 aromatic rings. The molecule has 25 heavy (non-hydrogen) atoms. The predicted octanol–water partition coefficient (Wildman–Crippen LogP) is 0.765. The van der Waals surface area contributed by atoms with E-state index in [4.69, 9.17) is 14.2 Å². The Balaban J connectivity index is 2.15. The third kappa shape index (κ3) is 5.23. The van der Waals surface area contributed by atoms with Gasteiger partial charge in [0.1, 0.15) is 18.0 Å². The first-order chi connectivity index (χ1) is 11.8. The molecule has 1 heterocycles. The lowest BCUT2D eigenvalue weighted by atomic mass is 10.2. The molecule has 2 rings (SSSR count). The monoisotopic (exact) mass is 372 g/mol.